The first-order valence-corrected chi connectivity index (χ1v) is 44.3. The Balaban J connectivity index is 0.000000119. The summed E-state index contributed by atoms with van der Waals surface area (Å²) < 4.78 is 0. The predicted molar refractivity (Wildman–Crippen MR) is 544 cm³/mol. The molecule has 23 aromatic rings. The van der Waals surface area contributed by atoms with Crippen LogP contribution < -0.4 is 0 Å². The minimum atomic E-state index is 0.640. The van der Waals surface area contributed by atoms with Crippen molar-refractivity contribution < 1.29 is 0 Å². The van der Waals surface area contributed by atoms with Crippen LogP contribution in [0.25, 0.3) is 224 Å². The van der Waals surface area contributed by atoms with Crippen LogP contribution in [-0.2, 0) is 0 Å². The molecule has 0 radical (unpaired) electrons. The second-order valence-electron chi connectivity index (χ2n) is 32.4. The number of benzene rings is 20. The van der Waals surface area contributed by atoms with Crippen LogP contribution in [0.15, 0.2) is 504 Å². The number of rotatable bonds is 17. The van der Waals surface area contributed by atoms with E-state index in [1.165, 1.54) is 65.9 Å². The van der Waals surface area contributed by atoms with Gasteiger partial charge in [0.1, 0.15) is 0 Å². The molecule has 0 saturated heterocycles. The van der Waals surface area contributed by atoms with Crippen LogP contribution >= 0.6 is 0 Å². The van der Waals surface area contributed by atoms with Gasteiger partial charge in [-0.05, 0) is 146 Å². The van der Waals surface area contributed by atoms with E-state index in [4.69, 9.17) is 44.9 Å². The zero-order chi connectivity index (χ0) is 88.1. The second-order valence-corrected chi connectivity index (χ2v) is 32.4. The summed E-state index contributed by atoms with van der Waals surface area (Å²) in [7, 11) is 0. The van der Waals surface area contributed by atoms with Crippen LogP contribution in [0, 0.1) is 0 Å². The molecular weight excluding hydrogens is 1600 g/mol. The molecule has 132 heavy (non-hydrogen) atoms. The smallest absolute Gasteiger partial charge is 0.164 e. The molecule has 0 spiro atoms. The average Bonchev–Trinajstić information content (AvgIpc) is 0.798. The highest BCUT2D eigenvalue weighted by Crippen LogP contribution is 2.38. The Morgan fingerprint density at radius 1 is 0.0909 bits per heavy atom. The zero-order valence-electron chi connectivity index (χ0n) is 71.9. The molecule has 23 rings (SSSR count). The van der Waals surface area contributed by atoms with Crippen molar-refractivity contribution in [3.05, 3.63) is 504 Å². The van der Waals surface area contributed by atoms with Gasteiger partial charge < -0.3 is 0 Å². The van der Waals surface area contributed by atoms with Crippen LogP contribution in [0.1, 0.15) is 0 Å². The molecule has 9 heteroatoms. The summed E-state index contributed by atoms with van der Waals surface area (Å²) >= 11 is 0. The highest BCUT2D eigenvalue weighted by molar-refractivity contribution is 5.98. The van der Waals surface area contributed by atoms with Gasteiger partial charge in [-0.3, -0.25) is 0 Å². The summed E-state index contributed by atoms with van der Waals surface area (Å²) in [6, 6.07) is 175. The van der Waals surface area contributed by atoms with Crippen molar-refractivity contribution in [2.75, 3.05) is 0 Å². The molecule has 20 aromatic carbocycles. The van der Waals surface area contributed by atoms with Crippen LogP contribution in [0.5, 0.6) is 0 Å². The van der Waals surface area contributed by atoms with E-state index in [0.717, 1.165) is 106 Å². The fourth-order valence-corrected chi connectivity index (χ4v) is 16.8. The lowest BCUT2D eigenvalue weighted by Crippen LogP contribution is -2.00. The van der Waals surface area contributed by atoms with Crippen LogP contribution in [-0.4, -0.2) is 44.9 Å². The Hall–Kier alpha value is -17.8. The normalized spacial score (nSPS) is 11.0. The standard InChI is InChI=1S/C43H29N3.C41H27N3.C39H27N3/c1-3-11-30(12-4-1)32-21-25-35(26-22-32)41-44-42(36-27-23-33(24-28-36)31-13-5-2-6-14-31)46-43(45-41)38-18-9-17-37(29-38)40-20-10-16-34-15-7-8-19-39(34)40;1-2-9-28(10-3-1)31-17-21-32(22-18-31)39-42-40(44-41(43-39)38-24-20-30-12-5-7-14-34(30)26-38)37-16-8-15-35(27-37)36-23-19-29-11-4-6-13-33(29)25-36;1-4-10-28(11-5-1)31-16-22-34(23-17-31)37-40-38(35-24-18-32(19-25-35)29-12-6-2-7-13-29)42-39(41-37)36-26-20-33(21-27-36)30-14-8-3-9-15-30/h1-29H;1-27H;1-27H. The molecule has 9 nitrogen and oxygen atoms in total. The van der Waals surface area contributed by atoms with E-state index in [0.29, 0.717) is 52.4 Å². The van der Waals surface area contributed by atoms with Crippen molar-refractivity contribution >= 4 is 32.3 Å². The monoisotopic (exact) mass is 1690 g/mol. The van der Waals surface area contributed by atoms with E-state index >= 15 is 0 Å². The molecule has 0 saturated carbocycles. The van der Waals surface area contributed by atoms with Gasteiger partial charge in [-0.1, -0.05) is 479 Å². The van der Waals surface area contributed by atoms with Gasteiger partial charge in [-0.2, -0.15) is 0 Å². The molecule has 0 atom stereocenters. The van der Waals surface area contributed by atoms with Gasteiger partial charge in [0.15, 0.2) is 52.4 Å². The lowest BCUT2D eigenvalue weighted by molar-refractivity contribution is 1.07. The predicted octanol–water partition coefficient (Wildman–Crippen LogP) is 31.4. The van der Waals surface area contributed by atoms with Crippen molar-refractivity contribution in [2.45, 2.75) is 0 Å². The van der Waals surface area contributed by atoms with Gasteiger partial charge in [-0.25, -0.2) is 44.9 Å². The maximum absolute atomic E-state index is 5.04. The first-order chi connectivity index (χ1) is 65.3. The molecule has 0 fully saturated rings. The van der Waals surface area contributed by atoms with Gasteiger partial charge >= 0.3 is 0 Å². The number of hydrogen-bond donors (Lipinski definition) is 0. The minimum Gasteiger partial charge on any atom is -0.208 e. The van der Waals surface area contributed by atoms with Crippen molar-refractivity contribution in [1.29, 1.82) is 0 Å². The Morgan fingerprint density at radius 2 is 0.265 bits per heavy atom. The summed E-state index contributed by atoms with van der Waals surface area (Å²) in [6.45, 7) is 0. The molecule has 3 aromatic heterocycles. The van der Waals surface area contributed by atoms with Crippen LogP contribution in [0.3, 0.4) is 0 Å². The fraction of sp³-hybridized carbons (Fsp3) is 0. The second kappa shape index (κ2) is 37.8. The molecule has 3 heterocycles. The van der Waals surface area contributed by atoms with Gasteiger partial charge in [0.2, 0.25) is 0 Å². The molecule has 0 unspecified atom stereocenters. The van der Waals surface area contributed by atoms with Crippen molar-refractivity contribution in [2.24, 2.45) is 0 Å². The van der Waals surface area contributed by atoms with E-state index < -0.39 is 0 Å². The Labute approximate surface area is 767 Å². The van der Waals surface area contributed by atoms with Crippen molar-refractivity contribution in [3.8, 4) is 192 Å². The van der Waals surface area contributed by atoms with E-state index in [9.17, 15) is 0 Å². The molecular formula is C123H83N9. The Kier molecular flexibility index (Phi) is 23.3. The number of hydrogen-bond acceptors (Lipinski definition) is 9. The minimum absolute atomic E-state index is 0.640. The highest BCUT2D eigenvalue weighted by atomic mass is 15.1. The first kappa shape index (κ1) is 81.3. The SMILES string of the molecule is c1ccc(-c2ccc(-c3nc(-c4ccc(-c5ccccc5)cc4)nc(-c4ccc(-c5ccccc5)cc4)n3)cc2)cc1.c1ccc(-c2ccc(-c3nc(-c4ccc(-c5ccccc5)cc4)nc(-c4cccc(-c5cccc6ccccc56)c4)n3)cc2)cc1.c1ccc(-c2ccc(-c3nc(-c4cccc(-c5ccc6ccccc6c5)c4)nc(-c4ccc5ccccc5c4)n3)cc2)cc1. The molecule has 0 amide bonds. The summed E-state index contributed by atoms with van der Waals surface area (Å²) in [6.07, 6.45) is 0. The van der Waals surface area contributed by atoms with Crippen LogP contribution in [0.2, 0.25) is 0 Å². The number of aromatic nitrogens is 9. The number of fused-ring (bicyclic) bond motifs is 3. The molecule has 0 aliphatic heterocycles. The molecule has 0 aliphatic rings. The van der Waals surface area contributed by atoms with E-state index in [1.807, 2.05) is 36.4 Å². The lowest BCUT2D eigenvalue weighted by Gasteiger charge is -2.11. The summed E-state index contributed by atoms with van der Waals surface area (Å²) in [4.78, 5) is 45.0. The summed E-state index contributed by atoms with van der Waals surface area (Å²) in [5.74, 6) is 5.81. The van der Waals surface area contributed by atoms with Crippen molar-refractivity contribution in [1.82, 2.24) is 44.9 Å². The highest BCUT2D eigenvalue weighted by Gasteiger charge is 2.20. The van der Waals surface area contributed by atoms with Crippen molar-refractivity contribution in [3.63, 3.8) is 0 Å². The first-order valence-electron chi connectivity index (χ1n) is 44.3. The third kappa shape index (κ3) is 18.3. The summed E-state index contributed by atoms with van der Waals surface area (Å²) in [5.41, 5.74) is 27.1. The topological polar surface area (TPSA) is 116 Å². The number of nitrogens with zero attached hydrogens (tertiary/aromatic N) is 9. The summed E-state index contributed by atoms with van der Waals surface area (Å²) in [5, 5.41) is 7.22. The average molecular weight is 1690 g/mol. The Bertz CT molecular complexity index is 7620. The molecule has 0 bridgehead atoms. The van der Waals surface area contributed by atoms with E-state index in [2.05, 4.69) is 467 Å². The maximum atomic E-state index is 5.04. The third-order valence-corrected chi connectivity index (χ3v) is 23.8. The van der Waals surface area contributed by atoms with Crippen LogP contribution in [0.4, 0.5) is 0 Å². The van der Waals surface area contributed by atoms with E-state index in [-0.39, 0.29) is 0 Å². The van der Waals surface area contributed by atoms with Gasteiger partial charge in [0, 0.05) is 50.1 Å². The fourth-order valence-electron chi connectivity index (χ4n) is 16.8. The molecule has 0 N–H and O–H groups in total. The van der Waals surface area contributed by atoms with E-state index in [1.54, 1.807) is 0 Å². The van der Waals surface area contributed by atoms with Gasteiger partial charge in [-0.15, -0.1) is 0 Å². The maximum Gasteiger partial charge on any atom is 0.164 e. The van der Waals surface area contributed by atoms with Gasteiger partial charge in [0.05, 0.1) is 0 Å². The quantitative estimate of drug-likeness (QED) is 0.0879. The molecule has 620 valence electrons. The third-order valence-electron chi connectivity index (χ3n) is 23.8. The zero-order valence-corrected chi connectivity index (χ0v) is 71.9. The Morgan fingerprint density at radius 3 is 0.576 bits per heavy atom. The van der Waals surface area contributed by atoms with Gasteiger partial charge in [0.25, 0.3) is 0 Å². The largest absolute Gasteiger partial charge is 0.208 e. The lowest BCUT2D eigenvalue weighted by atomic mass is 9.97. The molecule has 0 aliphatic carbocycles.